The van der Waals surface area contributed by atoms with Crippen LogP contribution in [0.1, 0.15) is 47.4 Å². The van der Waals surface area contributed by atoms with E-state index in [1.165, 1.54) is 16.9 Å². The molecule has 1 aliphatic heterocycles. The summed E-state index contributed by atoms with van der Waals surface area (Å²) in [4.78, 5) is 36.1. The Morgan fingerprint density at radius 1 is 1.29 bits per heavy atom. The molecule has 1 aliphatic carbocycles. The molecule has 1 fully saturated rings. The zero-order valence-corrected chi connectivity index (χ0v) is 19.2. The van der Waals surface area contributed by atoms with Gasteiger partial charge in [-0.25, -0.2) is 4.98 Å². The van der Waals surface area contributed by atoms with Gasteiger partial charge in [-0.05, 0) is 55.5 Å². The summed E-state index contributed by atoms with van der Waals surface area (Å²) in [5.41, 5.74) is 1.20. The molecule has 1 unspecified atom stereocenters. The number of amides is 1. The fourth-order valence-corrected chi connectivity index (χ4v) is 6.53. The standard InChI is InChI=1S/C23H27N3O3S2/c27-20(26(13-16-5-3-11-29-16)14-17-6-4-12-30-17)9-10-25-15-24-22-21(23(25)28)18-7-1-2-8-19(18)31-22/h4,6,12,15-16H,1-3,5,7-11,13-14H2. The summed E-state index contributed by atoms with van der Waals surface area (Å²) in [6.07, 6.45) is 8.40. The van der Waals surface area contributed by atoms with E-state index in [0.717, 1.165) is 53.8 Å². The van der Waals surface area contributed by atoms with Gasteiger partial charge in [0.15, 0.2) is 0 Å². The maximum absolute atomic E-state index is 13.2. The van der Waals surface area contributed by atoms with Gasteiger partial charge in [-0.2, -0.15) is 0 Å². The quantitative estimate of drug-likeness (QED) is 0.538. The van der Waals surface area contributed by atoms with Crippen molar-refractivity contribution in [3.8, 4) is 0 Å². The number of fused-ring (bicyclic) bond motifs is 3. The Morgan fingerprint density at radius 2 is 2.19 bits per heavy atom. The number of aryl methyl sites for hydroxylation is 3. The van der Waals surface area contributed by atoms with Crippen LogP contribution in [0.4, 0.5) is 0 Å². The van der Waals surface area contributed by atoms with Gasteiger partial charge >= 0.3 is 0 Å². The third-order valence-corrected chi connectivity index (χ3v) is 8.30. The van der Waals surface area contributed by atoms with E-state index in [0.29, 0.717) is 19.6 Å². The van der Waals surface area contributed by atoms with Gasteiger partial charge in [0.2, 0.25) is 5.91 Å². The fraction of sp³-hybridized carbons (Fsp3) is 0.522. The van der Waals surface area contributed by atoms with Crippen molar-refractivity contribution in [1.82, 2.24) is 14.5 Å². The average Bonchev–Trinajstić information content (AvgIpc) is 3.53. The summed E-state index contributed by atoms with van der Waals surface area (Å²) in [6.45, 7) is 2.34. The van der Waals surface area contributed by atoms with E-state index in [1.807, 2.05) is 16.3 Å². The molecule has 4 heterocycles. The smallest absolute Gasteiger partial charge is 0.262 e. The number of rotatable bonds is 7. The number of hydrogen-bond donors (Lipinski definition) is 0. The molecule has 2 aliphatic rings. The van der Waals surface area contributed by atoms with Gasteiger partial charge in [-0.15, -0.1) is 22.7 Å². The van der Waals surface area contributed by atoms with Gasteiger partial charge in [-0.3, -0.25) is 14.2 Å². The van der Waals surface area contributed by atoms with Crippen molar-refractivity contribution in [3.05, 3.63) is 49.5 Å². The maximum Gasteiger partial charge on any atom is 0.262 e. The fourth-order valence-electron chi connectivity index (χ4n) is 4.59. The first-order valence-electron chi connectivity index (χ1n) is 11.1. The summed E-state index contributed by atoms with van der Waals surface area (Å²) < 4.78 is 7.39. The zero-order valence-electron chi connectivity index (χ0n) is 17.5. The molecule has 8 heteroatoms. The molecule has 0 spiro atoms. The molecule has 0 aromatic carbocycles. The Morgan fingerprint density at radius 3 is 3.00 bits per heavy atom. The second-order valence-electron chi connectivity index (χ2n) is 8.37. The molecule has 3 aromatic heterocycles. The summed E-state index contributed by atoms with van der Waals surface area (Å²) in [7, 11) is 0. The minimum Gasteiger partial charge on any atom is -0.376 e. The van der Waals surface area contributed by atoms with Crippen molar-refractivity contribution in [2.75, 3.05) is 13.2 Å². The molecular weight excluding hydrogens is 430 g/mol. The van der Waals surface area contributed by atoms with E-state index in [4.69, 9.17) is 4.74 Å². The first kappa shape index (κ1) is 20.8. The third kappa shape index (κ3) is 4.47. The molecule has 0 bridgehead atoms. The summed E-state index contributed by atoms with van der Waals surface area (Å²) in [6, 6.07) is 4.07. The highest BCUT2D eigenvalue weighted by Gasteiger charge is 2.24. The molecule has 0 radical (unpaired) electrons. The van der Waals surface area contributed by atoms with Crippen molar-refractivity contribution >= 4 is 38.8 Å². The number of hydrogen-bond acceptors (Lipinski definition) is 6. The second kappa shape index (κ2) is 9.22. The van der Waals surface area contributed by atoms with Gasteiger partial charge < -0.3 is 9.64 Å². The molecule has 0 saturated carbocycles. The number of ether oxygens (including phenoxy) is 1. The molecule has 1 atom stereocenters. The SMILES string of the molecule is O=C(CCn1cnc2sc3c(c2c1=O)CCCC3)N(Cc1cccs1)CC1CCCO1. The number of carbonyl (C=O) groups is 1. The molecular formula is C23H27N3O3S2. The van der Waals surface area contributed by atoms with Crippen LogP contribution in [0.3, 0.4) is 0 Å². The lowest BCUT2D eigenvalue weighted by Crippen LogP contribution is -2.37. The first-order valence-corrected chi connectivity index (χ1v) is 12.8. The van der Waals surface area contributed by atoms with Crippen LogP contribution in [0.5, 0.6) is 0 Å². The van der Waals surface area contributed by atoms with E-state index >= 15 is 0 Å². The minimum absolute atomic E-state index is 0.00105. The number of nitrogens with zero attached hydrogens (tertiary/aromatic N) is 3. The van der Waals surface area contributed by atoms with E-state index in [-0.39, 0.29) is 24.0 Å². The van der Waals surface area contributed by atoms with Crippen LogP contribution < -0.4 is 5.56 Å². The lowest BCUT2D eigenvalue weighted by Gasteiger charge is -2.25. The molecule has 1 saturated heterocycles. The van der Waals surface area contributed by atoms with Gasteiger partial charge in [0.05, 0.1) is 24.4 Å². The summed E-state index contributed by atoms with van der Waals surface area (Å²) >= 11 is 3.32. The highest BCUT2D eigenvalue weighted by atomic mass is 32.1. The van der Waals surface area contributed by atoms with Gasteiger partial charge in [-0.1, -0.05) is 6.07 Å². The molecule has 31 heavy (non-hydrogen) atoms. The topological polar surface area (TPSA) is 64.4 Å². The normalized spacial score (nSPS) is 18.4. The van der Waals surface area contributed by atoms with Crippen molar-refractivity contribution in [3.63, 3.8) is 0 Å². The Balaban J connectivity index is 1.32. The highest BCUT2D eigenvalue weighted by Crippen LogP contribution is 2.33. The van der Waals surface area contributed by atoms with E-state index in [9.17, 15) is 9.59 Å². The minimum atomic E-state index is 0.00105. The Kier molecular flexibility index (Phi) is 6.20. The highest BCUT2D eigenvalue weighted by molar-refractivity contribution is 7.18. The predicted octanol–water partition coefficient (Wildman–Crippen LogP) is 4.00. The molecule has 6 nitrogen and oxygen atoms in total. The number of carbonyl (C=O) groups excluding carboxylic acids is 1. The van der Waals surface area contributed by atoms with Gasteiger partial charge in [0, 0.05) is 35.9 Å². The van der Waals surface area contributed by atoms with Crippen LogP contribution in [-0.2, 0) is 35.5 Å². The van der Waals surface area contributed by atoms with Crippen molar-refractivity contribution in [2.24, 2.45) is 0 Å². The van der Waals surface area contributed by atoms with Crippen LogP contribution in [0.25, 0.3) is 10.2 Å². The van der Waals surface area contributed by atoms with Gasteiger partial charge in [0.25, 0.3) is 5.56 Å². The van der Waals surface area contributed by atoms with Crippen LogP contribution in [0.15, 0.2) is 28.6 Å². The summed E-state index contributed by atoms with van der Waals surface area (Å²) in [5, 5.41) is 2.82. The molecule has 0 N–H and O–H groups in total. The monoisotopic (exact) mass is 457 g/mol. The molecule has 3 aromatic rings. The van der Waals surface area contributed by atoms with Crippen LogP contribution in [-0.4, -0.2) is 39.6 Å². The first-order chi connectivity index (χ1) is 15.2. The summed E-state index contributed by atoms with van der Waals surface area (Å²) in [5.74, 6) is 0.0586. The van der Waals surface area contributed by atoms with Crippen LogP contribution in [0.2, 0.25) is 0 Å². The second-order valence-corrected chi connectivity index (χ2v) is 10.5. The van der Waals surface area contributed by atoms with Crippen LogP contribution in [0, 0.1) is 0 Å². The molecule has 1 amide bonds. The van der Waals surface area contributed by atoms with Crippen molar-refractivity contribution in [2.45, 2.75) is 64.1 Å². The molecule has 5 rings (SSSR count). The number of aromatic nitrogens is 2. The van der Waals surface area contributed by atoms with E-state index in [2.05, 4.69) is 11.1 Å². The Hall–Kier alpha value is -2.03. The van der Waals surface area contributed by atoms with E-state index in [1.54, 1.807) is 33.6 Å². The molecule has 164 valence electrons. The number of thiophene rings is 2. The predicted molar refractivity (Wildman–Crippen MR) is 124 cm³/mol. The largest absolute Gasteiger partial charge is 0.376 e. The van der Waals surface area contributed by atoms with Crippen molar-refractivity contribution < 1.29 is 9.53 Å². The Bertz CT molecular complexity index is 1110. The maximum atomic E-state index is 13.2. The lowest BCUT2D eigenvalue weighted by molar-refractivity contribution is -0.133. The lowest BCUT2D eigenvalue weighted by atomic mass is 9.97. The van der Waals surface area contributed by atoms with E-state index < -0.39 is 0 Å². The Labute approximate surface area is 189 Å². The van der Waals surface area contributed by atoms with Crippen molar-refractivity contribution in [1.29, 1.82) is 0 Å². The third-order valence-electron chi connectivity index (χ3n) is 6.24. The van der Waals surface area contributed by atoms with Crippen LogP contribution >= 0.6 is 22.7 Å². The zero-order chi connectivity index (χ0) is 21.2. The average molecular weight is 458 g/mol. The van der Waals surface area contributed by atoms with Gasteiger partial charge in [0.1, 0.15) is 4.83 Å².